The molecule has 0 fully saturated rings. The number of nitrogens with one attached hydrogen (secondary N) is 1. The van der Waals surface area contributed by atoms with Crippen LogP contribution in [0.2, 0.25) is 5.02 Å². The Morgan fingerprint density at radius 2 is 1.71 bits per heavy atom. The fourth-order valence-electron chi connectivity index (χ4n) is 1.83. The van der Waals surface area contributed by atoms with E-state index < -0.39 is 32.6 Å². The van der Waals surface area contributed by atoms with E-state index >= 15 is 0 Å². The molecule has 0 bridgehead atoms. The second kappa shape index (κ2) is 6.09. The van der Waals surface area contributed by atoms with Crippen molar-refractivity contribution in [1.82, 2.24) is 4.72 Å². The molecule has 0 saturated carbocycles. The minimum absolute atomic E-state index is 0.464. The number of rotatable bonds is 4. The number of hydrogen-bond donors (Lipinski definition) is 1. The molecule has 0 amide bonds. The molecule has 0 aromatic heterocycles. The van der Waals surface area contributed by atoms with Gasteiger partial charge in [-0.05, 0) is 36.8 Å². The first-order valence-corrected chi connectivity index (χ1v) is 7.88. The fraction of sp³-hybridized carbons (Fsp3) is 0.143. The Morgan fingerprint density at radius 3 is 2.29 bits per heavy atom. The first-order valence-electron chi connectivity index (χ1n) is 6.02. The molecule has 21 heavy (non-hydrogen) atoms. The van der Waals surface area contributed by atoms with Crippen LogP contribution in [0.25, 0.3) is 0 Å². The molecule has 0 aliphatic carbocycles. The highest BCUT2D eigenvalue weighted by molar-refractivity contribution is 7.89. The highest BCUT2D eigenvalue weighted by atomic mass is 35.5. The Labute approximate surface area is 126 Å². The van der Waals surface area contributed by atoms with E-state index in [-0.39, 0.29) is 0 Å². The summed E-state index contributed by atoms with van der Waals surface area (Å²) in [5, 5.41) is 0.468. The van der Waals surface area contributed by atoms with Crippen LogP contribution in [0.3, 0.4) is 0 Å². The van der Waals surface area contributed by atoms with Gasteiger partial charge in [-0.15, -0.1) is 0 Å². The predicted molar refractivity (Wildman–Crippen MR) is 76.5 cm³/mol. The van der Waals surface area contributed by atoms with Crippen LogP contribution in [0.1, 0.15) is 18.5 Å². The second-order valence-corrected chi connectivity index (χ2v) is 6.65. The molecule has 112 valence electrons. The zero-order valence-corrected chi connectivity index (χ0v) is 12.5. The van der Waals surface area contributed by atoms with Crippen LogP contribution in [-0.4, -0.2) is 8.42 Å². The minimum atomic E-state index is -4.04. The fourth-order valence-corrected chi connectivity index (χ4v) is 3.30. The predicted octanol–water partition coefficient (Wildman–Crippen LogP) is 3.66. The summed E-state index contributed by atoms with van der Waals surface area (Å²) in [5.41, 5.74) is 0.642. The van der Waals surface area contributed by atoms with Crippen LogP contribution in [-0.2, 0) is 10.0 Å². The summed E-state index contributed by atoms with van der Waals surface area (Å²) in [7, 11) is -4.04. The molecular formula is C14H12ClF2NO2S. The van der Waals surface area contributed by atoms with Gasteiger partial charge in [-0.1, -0.05) is 23.7 Å². The van der Waals surface area contributed by atoms with Crippen LogP contribution in [0.5, 0.6) is 0 Å². The Kier molecular flexibility index (Phi) is 4.61. The van der Waals surface area contributed by atoms with E-state index in [1.165, 1.54) is 0 Å². The van der Waals surface area contributed by atoms with Crippen LogP contribution in [0.4, 0.5) is 8.78 Å². The van der Waals surface area contributed by atoms with Gasteiger partial charge < -0.3 is 0 Å². The molecule has 0 spiro atoms. The van der Waals surface area contributed by atoms with Crippen molar-refractivity contribution in [3.05, 3.63) is 64.7 Å². The summed E-state index contributed by atoms with van der Waals surface area (Å²) >= 11 is 5.84. The van der Waals surface area contributed by atoms with Gasteiger partial charge in [0.05, 0.1) is 4.90 Å². The third kappa shape index (κ3) is 4.00. The normalized spacial score (nSPS) is 13.1. The highest BCUT2D eigenvalue weighted by Gasteiger charge is 2.20. The Hall–Kier alpha value is -1.50. The Balaban J connectivity index is 2.28. The number of sulfonamides is 1. The lowest BCUT2D eigenvalue weighted by molar-refractivity contribution is 0.553. The maximum absolute atomic E-state index is 13.1. The molecule has 2 aromatic carbocycles. The van der Waals surface area contributed by atoms with Crippen LogP contribution in [0, 0.1) is 11.6 Å². The van der Waals surface area contributed by atoms with Gasteiger partial charge in [-0.2, -0.15) is 0 Å². The molecule has 0 saturated heterocycles. The van der Waals surface area contributed by atoms with Crippen molar-refractivity contribution in [3.8, 4) is 0 Å². The largest absolute Gasteiger partial charge is 0.241 e. The van der Waals surface area contributed by atoms with Gasteiger partial charge in [-0.3, -0.25) is 0 Å². The van der Waals surface area contributed by atoms with Crippen LogP contribution in [0.15, 0.2) is 47.4 Å². The van der Waals surface area contributed by atoms with E-state index in [1.54, 1.807) is 31.2 Å². The van der Waals surface area contributed by atoms with Crippen molar-refractivity contribution in [1.29, 1.82) is 0 Å². The van der Waals surface area contributed by atoms with Gasteiger partial charge in [0.25, 0.3) is 0 Å². The lowest BCUT2D eigenvalue weighted by Crippen LogP contribution is -2.27. The third-order valence-corrected chi connectivity index (χ3v) is 4.58. The van der Waals surface area contributed by atoms with Gasteiger partial charge in [0.15, 0.2) is 0 Å². The van der Waals surface area contributed by atoms with Crippen molar-refractivity contribution < 1.29 is 17.2 Å². The number of hydrogen-bond acceptors (Lipinski definition) is 2. The maximum atomic E-state index is 13.1. The topological polar surface area (TPSA) is 46.2 Å². The first kappa shape index (κ1) is 15.9. The summed E-state index contributed by atoms with van der Waals surface area (Å²) in [6.45, 7) is 1.61. The lowest BCUT2D eigenvalue weighted by atomic mass is 10.1. The number of halogens is 3. The molecule has 1 N–H and O–H groups in total. The van der Waals surface area contributed by atoms with Crippen LogP contribution >= 0.6 is 11.6 Å². The molecule has 2 rings (SSSR count). The van der Waals surface area contributed by atoms with Crippen molar-refractivity contribution in [2.45, 2.75) is 17.9 Å². The van der Waals surface area contributed by atoms with Crippen molar-refractivity contribution in [2.24, 2.45) is 0 Å². The zero-order chi connectivity index (χ0) is 15.6. The van der Waals surface area contributed by atoms with E-state index in [0.29, 0.717) is 16.7 Å². The molecule has 1 atom stereocenters. The zero-order valence-electron chi connectivity index (χ0n) is 11.0. The Bertz CT molecular complexity index is 745. The average Bonchev–Trinajstić information content (AvgIpc) is 2.37. The standard InChI is InChI=1S/C14H12ClF2NO2S/c1-9(10-3-2-4-11(15)5-10)18-21(19,20)14-7-12(16)6-13(17)8-14/h2-9,18H,1H3. The molecule has 2 aromatic rings. The molecule has 7 heteroatoms. The van der Waals surface area contributed by atoms with Gasteiger partial charge in [-0.25, -0.2) is 21.9 Å². The minimum Gasteiger partial charge on any atom is -0.207 e. The lowest BCUT2D eigenvalue weighted by Gasteiger charge is -2.15. The van der Waals surface area contributed by atoms with E-state index in [0.717, 1.165) is 12.1 Å². The smallest absolute Gasteiger partial charge is 0.207 e. The molecule has 3 nitrogen and oxygen atoms in total. The summed E-state index contributed by atoms with van der Waals surface area (Å²) < 4.78 is 52.9. The molecular weight excluding hydrogens is 320 g/mol. The van der Waals surface area contributed by atoms with E-state index in [2.05, 4.69) is 4.72 Å². The summed E-state index contributed by atoms with van der Waals surface area (Å²) in [6.07, 6.45) is 0. The van der Waals surface area contributed by atoms with E-state index in [4.69, 9.17) is 11.6 Å². The van der Waals surface area contributed by atoms with Gasteiger partial charge in [0.1, 0.15) is 11.6 Å². The van der Waals surface area contributed by atoms with Crippen molar-refractivity contribution in [3.63, 3.8) is 0 Å². The average molecular weight is 332 g/mol. The van der Waals surface area contributed by atoms with E-state index in [9.17, 15) is 17.2 Å². The summed E-state index contributed by atoms with van der Waals surface area (Å²) in [6, 6.07) is 8.19. The molecule has 0 heterocycles. The Morgan fingerprint density at radius 1 is 1.10 bits per heavy atom. The summed E-state index contributed by atoms with van der Waals surface area (Å²) in [4.78, 5) is -0.464. The SMILES string of the molecule is CC(NS(=O)(=O)c1cc(F)cc(F)c1)c1cccc(Cl)c1. The maximum Gasteiger partial charge on any atom is 0.241 e. The second-order valence-electron chi connectivity index (χ2n) is 4.50. The van der Waals surface area contributed by atoms with Crippen LogP contribution < -0.4 is 4.72 Å². The third-order valence-electron chi connectivity index (χ3n) is 2.83. The monoisotopic (exact) mass is 331 g/mol. The van der Waals surface area contributed by atoms with Crippen molar-refractivity contribution in [2.75, 3.05) is 0 Å². The first-order chi connectivity index (χ1) is 9.78. The van der Waals surface area contributed by atoms with Gasteiger partial charge in [0, 0.05) is 17.1 Å². The van der Waals surface area contributed by atoms with Gasteiger partial charge in [0.2, 0.25) is 10.0 Å². The quantitative estimate of drug-likeness (QED) is 0.929. The molecule has 0 aliphatic heterocycles. The molecule has 0 aliphatic rings. The molecule has 0 radical (unpaired) electrons. The summed E-state index contributed by atoms with van der Waals surface area (Å²) in [5.74, 6) is -1.91. The number of benzene rings is 2. The molecule has 1 unspecified atom stereocenters. The van der Waals surface area contributed by atoms with E-state index in [1.807, 2.05) is 0 Å². The van der Waals surface area contributed by atoms with Gasteiger partial charge >= 0.3 is 0 Å². The van der Waals surface area contributed by atoms with Crippen molar-refractivity contribution >= 4 is 21.6 Å². The highest BCUT2D eigenvalue weighted by Crippen LogP contribution is 2.21.